The lowest BCUT2D eigenvalue weighted by Crippen LogP contribution is -2.25. The van der Waals surface area contributed by atoms with Crippen LogP contribution < -0.4 is 0 Å². The topological polar surface area (TPSA) is 3.24 Å². The monoisotopic (exact) mass is 147 g/mol. The third-order valence-electron chi connectivity index (χ3n) is 1.69. The van der Waals surface area contributed by atoms with Crippen molar-refractivity contribution in [3.8, 4) is 0 Å². The fourth-order valence-corrected chi connectivity index (χ4v) is 0.935. The second-order valence-corrected chi connectivity index (χ2v) is 2.55. The van der Waals surface area contributed by atoms with Crippen LogP contribution in [0.1, 0.15) is 12.8 Å². The van der Waals surface area contributed by atoms with Gasteiger partial charge in [-0.2, -0.15) is 0 Å². The molecule has 1 heterocycles. The predicted molar refractivity (Wildman–Crippen MR) is 43.1 cm³/mol. The van der Waals surface area contributed by atoms with Crippen molar-refractivity contribution in [3.05, 3.63) is 12.2 Å². The summed E-state index contributed by atoms with van der Waals surface area (Å²) in [5.74, 6) is 0. The van der Waals surface area contributed by atoms with Crippen LogP contribution in [-0.2, 0) is 0 Å². The fraction of sp³-hybridized carbons (Fsp3) is 0.714. The average molecular weight is 148 g/mol. The molecule has 0 unspecified atom stereocenters. The van der Waals surface area contributed by atoms with E-state index in [4.69, 9.17) is 0 Å². The van der Waals surface area contributed by atoms with Crippen molar-refractivity contribution >= 4 is 12.4 Å². The van der Waals surface area contributed by atoms with Crippen molar-refractivity contribution < 1.29 is 0 Å². The molecule has 1 nitrogen and oxygen atoms in total. The molecule has 0 aromatic rings. The molecular formula is C7H14ClN. The Kier molecular flexibility index (Phi) is 3.91. The summed E-state index contributed by atoms with van der Waals surface area (Å²) in [5, 5.41) is 0. The van der Waals surface area contributed by atoms with Gasteiger partial charge >= 0.3 is 0 Å². The molecule has 0 atom stereocenters. The second kappa shape index (κ2) is 3.91. The molecule has 1 saturated heterocycles. The highest BCUT2D eigenvalue weighted by Gasteiger charge is 2.06. The fourth-order valence-electron chi connectivity index (χ4n) is 0.935. The number of likely N-dealkylation sites (tertiary alicyclic amines) is 1. The largest absolute Gasteiger partial charge is 0.306 e. The van der Waals surface area contributed by atoms with E-state index in [1.54, 1.807) is 0 Å². The van der Waals surface area contributed by atoms with Crippen molar-refractivity contribution in [2.75, 3.05) is 20.1 Å². The third-order valence-corrected chi connectivity index (χ3v) is 1.69. The van der Waals surface area contributed by atoms with Crippen molar-refractivity contribution in [2.45, 2.75) is 12.8 Å². The Morgan fingerprint density at radius 3 is 2.11 bits per heavy atom. The summed E-state index contributed by atoms with van der Waals surface area (Å²) in [6.45, 7) is 6.34. The molecule has 2 heteroatoms. The predicted octanol–water partition coefficient (Wildman–Crippen LogP) is 1.69. The summed E-state index contributed by atoms with van der Waals surface area (Å²) in [7, 11) is 2.16. The second-order valence-electron chi connectivity index (χ2n) is 2.55. The first kappa shape index (κ1) is 8.99. The average Bonchev–Trinajstić information content (AvgIpc) is 1.77. The van der Waals surface area contributed by atoms with Gasteiger partial charge in [0.25, 0.3) is 0 Å². The van der Waals surface area contributed by atoms with Gasteiger partial charge in [0.05, 0.1) is 0 Å². The van der Waals surface area contributed by atoms with Gasteiger partial charge in [0, 0.05) is 13.1 Å². The first-order valence-electron chi connectivity index (χ1n) is 3.14. The molecule has 0 aromatic carbocycles. The minimum atomic E-state index is 0. The lowest BCUT2D eigenvalue weighted by atomic mass is 10.1. The minimum absolute atomic E-state index is 0. The van der Waals surface area contributed by atoms with E-state index in [0.29, 0.717) is 0 Å². The number of rotatable bonds is 0. The van der Waals surface area contributed by atoms with E-state index in [-0.39, 0.29) is 12.4 Å². The Labute approximate surface area is 63.1 Å². The number of halogens is 1. The highest BCUT2D eigenvalue weighted by atomic mass is 35.5. The summed E-state index contributed by atoms with van der Waals surface area (Å²) in [6, 6.07) is 0. The molecule has 0 amide bonds. The summed E-state index contributed by atoms with van der Waals surface area (Å²) in [4.78, 5) is 2.34. The van der Waals surface area contributed by atoms with Crippen LogP contribution in [0.15, 0.2) is 12.2 Å². The third kappa shape index (κ3) is 2.87. The summed E-state index contributed by atoms with van der Waals surface area (Å²) >= 11 is 0. The van der Waals surface area contributed by atoms with Crippen molar-refractivity contribution in [3.63, 3.8) is 0 Å². The van der Waals surface area contributed by atoms with Crippen LogP contribution in [0.25, 0.3) is 0 Å². The molecule has 9 heavy (non-hydrogen) atoms. The van der Waals surface area contributed by atoms with Crippen molar-refractivity contribution in [2.24, 2.45) is 0 Å². The van der Waals surface area contributed by atoms with Gasteiger partial charge in [-0.05, 0) is 19.9 Å². The molecule has 0 radical (unpaired) electrons. The standard InChI is InChI=1S/C7H13N.ClH/c1-7-3-5-8(2)6-4-7;/h1,3-6H2,2H3;1H. The molecule has 0 aromatic heterocycles. The van der Waals surface area contributed by atoms with Crippen LogP contribution in [0, 0.1) is 0 Å². The van der Waals surface area contributed by atoms with Crippen LogP contribution in [0.4, 0.5) is 0 Å². The van der Waals surface area contributed by atoms with Gasteiger partial charge in [0.15, 0.2) is 0 Å². The van der Waals surface area contributed by atoms with E-state index >= 15 is 0 Å². The molecule has 1 rings (SSSR count). The highest BCUT2D eigenvalue weighted by Crippen LogP contribution is 2.10. The summed E-state index contributed by atoms with van der Waals surface area (Å²) in [6.07, 6.45) is 2.41. The Morgan fingerprint density at radius 2 is 1.78 bits per heavy atom. The molecule has 0 saturated carbocycles. The van der Waals surface area contributed by atoms with Gasteiger partial charge in [-0.3, -0.25) is 0 Å². The summed E-state index contributed by atoms with van der Waals surface area (Å²) in [5.41, 5.74) is 1.42. The van der Waals surface area contributed by atoms with Crippen LogP contribution in [0.2, 0.25) is 0 Å². The Hall–Kier alpha value is -0.0100. The molecule has 1 aliphatic rings. The van der Waals surface area contributed by atoms with Gasteiger partial charge in [0.1, 0.15) is 0 Å². The molecule has 0 aliphatic carbocycles. The van der Waals surface area contributed by atoms with Gasteiger partial charge in [-0.15, -0.1) is 12.4 Å². The zero-order valence-corrected chi connectivity index (χ0v) is 6.71. The molecule has 0 N–H and O–H groups in total. The van der Waals surface area contributed by atoms with Gasteiger partial charge in [-0.1, -0.05) is 12.2 Å². The number of nitrogens with zero attached hydrogens (tertiary/aromatic N) is 1. The number of piperidine rings is 1. The van der Waals surface area contributed by atoms with E-state index in [1.165, 1.54) is 31.5 Å². The molecule has 0 spiro atoms. The van der Waals surface area contributed by atoms with Gasteiger partial charge in [-0.25, -0.2) is 0 Å². The molecule has 1 fully saturated rings. The van der Waals surface area contributed by atoms with Crippen LogP contribution >= 0.6 is 12.4 Å². The Balaban J connectivity index is 0.000000640. The van der Waals surface area contributed by atoms with E-state index < -0.39 is 0 Å². The quantitative estimate of drug-likeness (QED) is 0.472. The maximum Gasteiger partial charge on any atom is 0.00156 e. The number of hydrogen-bond donors (Lipinski definition) is 0. The van der Waals surface area contributed by atoms with Crippen LogP contribution in [0.3, 0.4) is 0 Å². The van der Waals surface area contributed by atoms with E-state index in [0.717, 1.165) is 0 Å². The first-order chi connectivity index (χ1) is 3.79. The normalized spacial score (nSPS) is 21.2. The highest BCUT2D eigenvalue weighted by molar-refractivity contribution is 5.85. The molecule has 1 aliphatic heterocycles. The van der Waals surface area contributed by atoms with E-state index in [2.05, 4.69) is 18.5 Å². The van der Waals surface area contributed by atoms with E-state index in [1.807, 2.05) is 0 Å². The maximum atomic E-state index is 3.92. The lowest BCUT2D eigenvalue weighted by molar-refractivity contribution is 0.313. The number of hydrogen-bond acceptors (Lipinski definition) is 1. The maximum absolute atomic E-state index is 3.92. The zero-order chi connectivity index (χ0) is 5.98. The van der Waals surface area contributed by atoms with Crippen molar-refractivity contribution in [1.29, 1.82) is 0 Å². The summed E-state index contributed by atoms with van der Waals surface area (Å²) < 4.78 is 0. The lowest BCUT2D eigenvalue weighted by Gasteiger charge is -2.22. The van der Waals surface area contributed by atoms with Gasteiger partial charge < -0.3 is 4.90 Å². The first-order valence-corrected chi connectivity index (χ1v) is 3.14. The van der Waals surface area contributed by atoms with Gasteiger partial charge in [0.2, 0.25) is 0 Å². The van der Waals surface area contributed by atoms with Crippen molar-refractivity contribution in [1.82, 2.24) is 4.90 Å². The molecular weight excluding hydrogens is 134 g/mol. The SMILES string of the molecule is C=C1CCN(C)CC1.Cl. The Bertz CT molecular complexity index is 91.1. The zero-order valence-electron chi connectivity index (χ0n) is 5.89. The van der Waals surface area contributed by atoms with Crippen LogP contribution in [0.5, 0.6) is 0 Å². The van der Waals surface area contributed by atoms with E-state index in [9.17, 15) is 0 Å². The smallest absolute Gasteiger partial charge is 0.00156 e. The Morgan fingerprint density at radius 1 is 1.33 bits per heavy atom. The molecule has 0 bridgehead atoms. The van der Waals surface area contributed by atoms with Crippen LogP contribution in [-0.4, -0.2) is 25.0 Å². The molecule has 54 valence electrons. The minimum Gasteiger partial charge on any atom is -0.306 e.